The Morgan fingerprint density at radius 1 is 1.43 bits per heavy atom. The van der Waals surface area contributed by atoms with Crippen LogP contribution in [-0.2, 0) is 0 Å². The van der Waals surface area contributed by atoms with Crippen LogP contribution in [0.15, 0.2) is 18.2 Å². The Bertz CT molecular complexity index is 505. The van der Waals surface area contributed by atoms with Crippen molar-refractivity contribution in [3.05, 3.63) is 34.1 Å². The number of nitro groups is 1. The maximum atomic E-state index is 13.9. The predicted octanol–water partition coefficient (Wildman–Crippen LogP) is 4.75. The van der Waals surface area contributed by atoms with Crippen molar-refractivity contribution in [2.24, 2.45) is 11.8 Å². The summed E-state index contributed by atoms with van der Waals surface area (Å²) in [7, 11) is 0. The summed E-state index contributed by atoms with van der Waals surface area (Å²) in [5.74, 6) is 0.730. The van der Waals surface area contributed by atoms with Crippen molar-refractivity contribution in [3.63, 3.8) is 0 Å². The van der Waals surface area contributed by atoms with E-state index in [-0.39, 0.29) is 17.4 Å². The fourth-order valence-electron chi connectivity index (χ4n) is 3.31. The van der Waals surface area contributed by atoms with Gasteiger partial charge in [-0.2, -0.15) is 0 Å². The van der Waals surface area contributed by atoms with Crippen molar-refractivity contribution in [2.75, 3.05) is 5.32 Å². The number of benzene rings is 1. The summed E-state index contributed by atoms with van der Waals surface area (Å²) in [6, 6.07) is 4.11. The van der Waals surface area contributed by atoms with E-state index < -0.39 is 10.7 Å². The molecular formula is C16H23FN2O2. The Morgan fingerprint density at radius 3 is 2.86 bits per heavy atom. The summed E-state index contributed by atoms with van der Waals surface area (Å²) in [6.07, 6.45) is 5.37. The molecule has 0 radical (unpaired) electrons. The van der Waals surface area contributed by atoms with Gasteiger partial charge in [0.25, 0.3) is 5.69 Å². The third kappa shape index (κ3) is 4.16. The molecule has 1 aromatic carbocycles. The van der Waals surface area contributed by atoms with Gasteiger partial charge in [0.05, 0.1) is 4.92 Å². The zero-order chi connectivity index (χ0) is 15.4. The molecule has 2 atom stereocenters. The lowest BCUT2D eigenvalue weighted by molar-refractivity contribution is -0.384. The number of anilines is 1. The van der Waals surface area contributed by atoms with Crippen molar-refractivity contribution >= 4 is 11.4 Å². The van der Waals surface area contributed by atoms with Gasteiger partial charge < -0.3 is 5.32 Å². The van der Waals surface area contributed by atoms with Crippen molar-refractivity contribution in [1.82, 2.24) is 0 Å². The lowest BCUT2D eigenvalue weighted by Gasteiger charge is -2.31. The maximum Gasteiger partial charge on any atom is 0.295 e. The highest BCUT2D eigenvalue weighted by Crippen LogP contribution is 2.34. The van der Waals surface area contributed by atoms with E-state index in [4.69, 9.17) is 0 Å². The largest absolute Gasteiger partial charge is 0.374 e. The van der Waals surface area contributed by atoms with Gasteiger partial charge in [-0.05, 0) is 37.2 Å². The van der Waals surface area contributed by atoms with E-state index in [1.807, 2.05) is 0 Å². The van der Waals surface area contributed by atoms with Gasteiger partial charge in [-0.1, -0.05) is 32.8 Å². The number of halogens is 1. The minimum Gasteiger partial charge on any atom is -0.374 e. The number of hydrogen-bond acceptors (Lipinski definition) is 3. The number of nitrogens with zero attached hydrogens (tertiary/aromatic N) is 1. The maximum absolute atomic E-state index is 13.9. The van der Waals surface area contributed by atoms with E-state index in [9.17, 15) is 14.5 Å². The second-order valence-corrected chi connectivity index (χ2v) is 6.39. The van der Waals surface area contributed by atoms with Crippen LogP contribution in [0, 0.1) is 27.8 Å². The van der Waals surface area contributed by atoms with Crippen LogP contribution < -0.4 is 5.32 Å². The summed E-state index contributed by atoms with van der Waals surface area (Å²) >= 11 is 0. The van der Waals surface area contributed by atoms with Crippen molar-refractivity contribution in [3.8, 4) is 0 Å². The normalized spacial score (nSPS) is 22.3. The lowest BCUT2D eigenvalue weighted by Crippen LogP contribution is -2.28. The number of nitro benzene ring substituents is 1. The summed E-state index contributed by atoms with van der Waals surface area (Å²) in [5.41, 5.74) is -0.140. The van der Waals surface area contributed by atoms with Gasteiger partial charge in [0.15, 0.2) is 5.82 Å². The van der Waals surface area contributed by atoms with Crippen LogP contribution in [0.25, 0.3) is 0 Å². The molecule has 2 unspecified atom stereocenters. The highest BCUT2D eigenvalue weighted by molar-refractivity contribution is 5.62. The summed E-state index contributed by atoms with van der Waals surface area (Å²) in [4.78, 5) is 10.5. The fourth-order valence-corrected chi connectivity index (χ4v) is 3.31. The van der Waals surface area contributed by atoms with Gasteiger partial charge in [-0.15, -0.1) is 0 Å². The van der Waals surface area contributed by atoms with Crippen LogP contribution >= 0.6 is 0 Å². The van der Waals surface area contributed by atoms with Gasteiger partial charge in [0.2, 0.25) is 0 Å². The molecule has 0 heterocycles. The van der Waals surface area contributed by atoms with Crippen molar-refractivity contribution < 1.29 is 9.31 Å². The molecule has 116 valence electrons. The first-order chi connectivity index (χ1) is 9.97. The molecule has 0 saturated heterocycles. The van der Waals surface area contributed by atoms with E-state index >= 15 is 0 Å². The molecule has 4 nitrogen and oxygen atoms in total. The van der Waals surface area contributed by atoms with Gasteiger partial charge in [-0.25, -0.2) is 4.39 Å². The zero-order valence-corrected chi connectivity index (χ0v) is 12.6. The summed E-state index contributed by atoms with van der Waals surface area (Å²) in [5, 5.41) is 14.1. The predicted molar refractivity (Wildman–Crippen MR) is 81.9 cm³/mol. The highest BCUT2D eigenvalue weighted by atomic mass is 19.1. The first-order valence-corrected chi connectivity index (χ1v) is 7.66. The molecule has 21 heavy (non-hydrogen) atoms. The van der Waals surface area contributed by atoms with E-state index in [2.05, 4.69) is 19.2 Å². The van der Waals surface area contributed by atoms with Gasteiger partial charge in [0.1, 0.15) is 5.69 Å². The molecular weight excluding hydrogens is 271 g/mol. The Hall–Kier alpha value is -1.65. The van der Waals surface area contributed by atoms with E-state index in [1.54, 1.807) is 0 Å². The van der Waals surface area contributed by atoms with Crippen LogP contribution in [0.4, 0.5) is 15.8 Å². The first-order valence-electron chi connectivity index (χ1n) is 7.66. The van der Waals surface area contributed by atoms with Crippen LogP contribution in [0.5, 0.6) is 0 Å². The van der Waals surface area contributed by atoms with Crippen molar-refractivity contribution in [2.45, 2.75) is 52.0 Å². The molecule has 1 N–H and O–H groups in total. The number of nitrogens with one attached hydrogen (secondary N) is 1. The molecule has 5 heteroatoms. The number of para-hydroxylation sites is 1. The molecule has 1 aliphatic carbocycles. The Kier molecular flexibility index (Phi) is 5.15. The average molecular weight is 294 g/mol. The quantitative estimate of drug-likeness (QED) is 0.629. The fraction of sp³-hybridized carbons (Fsp3) is 0.625. The van der Waals surface area contributed by atoms with Crippen LogP contribution in [0.3, 0.4) is 0 Å². The Labute approximate surface area is 124 Å². The van der Waals surface area contributed by atoms with E-state index in [1.165, 1.54) is 24.6 Å². The molecule has 2 rings (SSSR count). The van der Waals surface area contributed by atoms with Crippen LogP contribution in [0.2, 0.25) is 0 Å². The molecule has 1 saturated carbocycles. The minimum atomic E-state index is -0.546. The monoisotopic (exact) mass is 294 g/mol. The molecule has 1 aromatic rings. The lowest BCUT2D eigenvalue weighted by atomic mass is 9.81. The third-order valence-electron chi connectivity index (χ3n) is 4.12. The standard InChI is InChI=1S/C16H23FN2O2/c1-11(2)9-12-5-3-6-13(10-12)18-16-14(17)7-4-8-15(16)19(20)21/h4,7-8,11-13,18H,3,5-6,9-10H2,1-2H3. The molecule has 1 aliphatic rings. The number of rotatable bonds is 5. The van der Waals surface area contributed by atoms with Crippen LogP contribution in [-0.4, -0.2) is 11.0 Å². The topological polar surface area (TPSA) is 55.2 Å². The average Bonchev–Trinajstić information content (AvgIpc) is 2.40. The molecule has 0 aromatic heterocycles. The Balaban J connectivity index is 2.09. The first kappa shape index (κ1) is 15.7. The zero-order valence-electron chi connectivity index (χ0n) is 12.6. The van der Waals surface area contributed by atoms with E-state index in [0.717, 1.165) is 25.7 Å². The summed E-state index contributed by atoms with van der Waals surface area (Å²) in [6.45, 7) is 4.41. The highest BCUT2D eigenvalue weighted by Gasteiger charge is 2.26. The SMILES string of the molecule is CC(C)CC1CCCC(Nc2c(F)cccc2[N+](=O)[O-])C1. The summed E-state index contributed by atoms with van der Waals surface area (Å²) < 4.78 is 13.9. The molecule has 0 spiro atoms. The Morgan fingerprint density at radius 2 is 2.19 bits per heavy atom. The number of hydrogen-bond donors (Lipinski definition) is 1. The molecule has 0 amide bonds. The minimum absolute atomic E-state index is 0.0395. The van der Waals surface area contributed by atoms with E-state index in [0.29, 0.717) is 11.8 Å². The molecule has 1 fully saturated rings. The van der Waals surface area contributed by atoms with Crippen molar-refractivity contribution in [1.29, 1.82) is 0 Å². The second-order valence-electron chi connectivity index (χ2n) is 6.39. The smallest absolute Gasteiger partial charge is 0.295 e. The van der Waals surface area contributed by atoms with Gasteiger partial charge >= 0.3 is 0 Å². The third-order valence-corrected chi connectivity index (χ3v) is 4.12. The molecule has 0 bridgehead atoms. The molecule has 0 aliphatic heterocycles. The van der Waals surface area contributed by atoms with Gasteiger partial charge in [0, 0.05) is 12.1 Å². The van der Waals surface area contributed by atoms with Crippen LogP contribution in [0.1, 0.15) is 46.0 Å². The van der Waals surface area contributed by atoms with Gasteiger partial charge in [-0.3, -0.25) is 10.1 Å². The second kappa shape index (κ2) is 6.87.